The Kier molecular flexibility index (Phi) is 8.32. The second-order valence-corrected chi connectivity index (χ2v) is 13.5. The number of carbonyl (C=O) groups excluding carboxylic acids is 4. The largest absolute Gasteiger partial charge is 0.462 e. The number of halogens is 1. The monoisotopic (exact) mass is 691 g/mol. The molecule has 224 valence electrons. The van der Waals surface area contributed by atoms with Crippen LogP contribution in [0.25, 0.3) is 0 Å². The van der Waals surface area contributed by atoms with Crippen LogP contribution < -0.4 is 15.1 Å². The van der Waals surface area contributed by atoms with E-state index in [2.05, 4.69) is 21.2 Å². The fourth-order valence-electron chi connectivity index (χ4n) is 5.60. The molecular weight excluding hydrogens is 666 g/mol. The Morgan fingerprint density at radius 2 is 1.73 bits per heavy atom. The zero-order valence-electron chi connectivity index (χ0n) is 23.6. The summed E-state index contributed by atoms with van der Waals surface area (Å²) in [5, 5.41) is 2.52. The van der Waals surface area contributed by atoms with Gasteiger partial charge in [-0.1, -0.05) is 63.3 Å². The second-order valence-electron chi connectivity index (χ2n) is 10.4. The highest BCUT2D eigenvalue weighted by Gasteiger charge is 2.56. The van der Waals surface area contributed by atoms with Gasteiger partial charge in [0.25, 0.3) is 0 Å². The molecule has 2 aliphatic rings. The summed E-state index contributed by atoms with van der Waals surface area (Å²) in [6.07, 6.45) is 0. The van der Waals surface area contributed by atoms with Gasteiger partial charge in [-0.3, -0.25) is 23.7 Å². The summed E-state index contributed by atoms with van der Waals surface area (Å²) in [5.41, 5.74) is 3.02. The van der Waals surface area contributed by atoms with E-state index in [1.807, 2.05) is 49.4 Å². The number of esters is 1. The first-order valence-corrected chi connectivity index (χ1v) is 16.3. The number of aryl methyl sites for hydroxylation is 1. The number of carbonyl (C=O) groups is 4. The lowest BCUT2D eigenvalue weighted by Gasteiger charge is -2.30. The first-order valence-electron chi connectivity index (χ1n) is 13.8. The van der Waals surface area contributed by atoms with Crippen molar-refractivity contribution in [1.82, 2.24) is 4.57 Å². The van der Waals surface area contributed by atoms with Crippen LogP contribution in [0.15, 0.2) is 87.1 Å². The summed E-state index contributed by atoms with van der Waals surface area (Å²) in [6, 6.07) is 21.0. The minimum Gasteiger partial charge on any atom is -0.462 e. The van der Waals surface area contributed by atoms with Crippen LogP contribution in [-0.2, 0) is 25.7 Å². The van der Waals surface area contributed by atoms with Gasteiger partial charge in [0.05, 0.1) is 28.8 Å². The topological polar surface area (TPSA) is 115 Å². The maximum Gasteiger partial charge on any atom is 0.338 e. The van der Waals surface area contributed by atoms with Crippen molar-refractivity contribution in [1.29, 1.82) is 0 Å². The fraction of sp³-hybridized carbons (Fsp3) is 0.219. The number of anilines is 2. The van der Waals surface area contributed by atoms with Gasteiger partial charge in [-0.25, -0.2) is 9.69 Å². The van der Waals surface area contributed by atoms with Crippen molar-refractivity contribution >= 4 is 74.1 Å². The molecule has 44 heavy (non-hydrogen) atoms. The number of nitrogens with one attached hydrogen (secondary N) is 1. The lowest BCUT2D eigenvalue weighted by Crippen LogP contribution is -2.33. The highest BCUT2D eigenvalue weighted by atomic mass is 79.9. The first-order chi connectivity index (χ1) is 21.2. The number of hydrogen-bond donors (Lipinski definition) is 1. The number of nitrogens with zero attached hydrogens (tertiary/aromatic N) is 2. The number of rotatable bonds is 7. The zero-order chi connectivity index (χ0) is 31.1. The van der Waals surface area contributed by atoms with E-state index in [1.165, 1.54) is 16.7 Å². The van der Waals surface area contributed by atoms with E-state index in [4.69, 9.17) is 4.74 Å². The van der Waals surface area contributed by atoms with Crippen molar-refractivity contribution < 1.29 is 23.9 Å². The second kappa shape index (κ2) is 12.2. The highest BCUT2D eigenvalue weighted by Crippen LogP contribution is 2.54. The van der Waals surface area contributed by atoms with Gasteiger partial charge in [0.15, 0.2) is 0 Å². The number of thioether (sulfide) groups is 1. The predicted octanol–water partition coefficient (Wildman–Crippen LogP) is 5.59. The Labute approximate surface area is 269 Å². The lowest BCUT2D eigenvalue weighted by atomic mass is 9.83. The van der Waals surface area contributed by atoms with Crippen molar-refractivity contribution in [2.24, 2.45) is 5.92 Å². The third-order valence-electron chi connectivity index (χ3n) is 7.50. The van der Waals surface area contributed by atoms with E-state index in [-0.39, 0.29) is 23.9 Å². The zero-order valence-corrected chi connectivity index (χ0v) is 26.8. The fourth-order valence-corrected chi connectivity index (χ4v) is 8.79. The van der Waals surface area contributed by atoms with Crippen molar-refractivity contribution in [3.63, 3.8) is 0 Å². The van der Waals surface area contributed by atoms with E-state index in [0.717, 1.165) is 43.6 Å². The molecule has 6 rings (SSSR count). The van der Waals surface area contributed by atoms with E-state index in [1.54, 1.807) is 25.1 Å². The van der Waals surface area contributed by atoms with Crippen molar-refractivity contribution in [2.75, 3.05) is 16.8 Å². The van der Waals surface area contributed by atoms with Gasteiger partial charge in [0, 0.05) is 21.0 Å². The van der Waals surface area contributed by atoms with Crippen LogP contribution in [0.1, 0.15) is 39.2 Å². The molecule has 3 heterocycles. The molecule has 4 aromatic rings. The average molecular weight is 693 g/mol. The van der Waals surface area contributed by atoms with Gasteiger partial charge in [0.2, 0.25) is 17.7 Å². The molecule has 3 atom stereocenters. The molecule has 1 N–H and O–H groups in total. The Morgan fingerprint density at radius 1 is 0.977 bits per heavy atom. The Hall–Kier alpha value is -4.00. The molecule has 1 aromatic heterocycles. The van der Waals surface area contributed by atoms with Crippen LogP contribution in [0.5, 0.6) is 0 Å². The number of ether oxygens (including phenoxy) is 1. The van der Waals surface area contributed by atoms with Crippen molar-refractivity contribution in [3.8, 4) is 0 Å². The van der Waals surface area contributed by atoms with Gasteiger partial charge in [-0.05, 0) is 73.5 Å². The molecule has 1 fully saturated rings. The molecular formula is C32H26BrN3O6S2. The van der Waals surface area contributed by atoms with Crippen LogP contribution in [0.2, 0.25) is 0 Å². The minimum absolute atomic E-state index is 0.226. The molecule has 0 bridgehead atoms. The van der Waals surface area contributed by atoms with Crippen LogP contribution in [-0.4, -0.2) is 40.1 Å². The number of amides is 3. The van der Waals surface area contributed by atoms with Gasteiger partial charge in [0.1, 0.15) is 11.8 Å². The number of aromatic nitrogens is 1. The molecule has 9 nitrogen and oxygen atoms in total. The molecule has 1 saturated heterocycles. The molecule has 3 aromatic carbocycles. The van der Waals surface area contributed by atoms with Crippen LogP contribution in [0, 0.1) is 12.8 Å². The standard InChI is InChI=1S/C32H26BrN3O6S2/c1-3-42-31(40)18-10-12-22(13-11-18)36-28(38)25-24(19-7-5-8-20(33)15-19)27-30(43-26(25)29(36)39)35(32(41)44-27)16-23(37)34-21-9-4-6-17(2)14-21/h4-15,24-26H,3,16H2,1-2H3,(H,34,37)/t24-,25-,26+/m0/s1. The maximum absolute atomic E-state index is 14.1. The molecule has 0 unspecified atom stereocenters. The molecule has 3 amide bonds. The van der Waals surface area contributed by atoms with Crippen LogP contribution in [0.4, 0.5) is 11.4 Å². The molecule has 0 aliphatic carbocycles. The summed E-state index contributed by atoms with van der Waals surface area (Å²) in [7, 11) is 0. The molecule has 12 heteroatoms. The number of imide groups is 1. The smallest absolute Gasteiger partial charge is 0.338 e. The van der Waals surface area contributed by atoms with E-state index in [0.29, 0.717) is 26.8 Å². The van der Waals surface area contributed by atoms with E-state index in [9.17, 15) is 24.0 Å². The molecule has 0 saturated carbocycles. The van der Waals surface area contributed by atoms with Gasteiger partial charge in [-0.2, -0.15) is 0 Å². The van der Waals surface area contributed by atoms with E-state index < -0.39 is 34.9 Å². The Balaban J connectivity index is 1.37. The number of hydrogen-bond acceptors (Lipinski definition) is 8. The molecule has 0 radical (unpaired) electrons. The maximum atomic E-state index is 14.1. The normalized spacial score (nSPS) is 19.0. The Bertz CT molecular complexity index is 1870. The number of benzene rings is 3. The molecule has 0 spiro atoms. The minimum atomic E-state index is -0.830. The van der Waals surface area contributed by atoms with Gasteiger partial charge >= 0.3 is 10.8 Å². The summed E-state index contributed by atoms with van der Waals surface area (Å²) in [5.74, 6) is -3.06. The van der Waals surface area contributed by atoms with E-state index >= 15 is 0 Å². The van der Waals surface area contributed by atoms with Gasteiger partial charge in [-0.15, -0.1) is 0 Å². The predicted molar refractivity (Wildman–Crippen MR) is 172 cm³/mol. The van der Waals surface area contributed by atoms with Crippen molar-refractivity contribution in [3.05, 3.63) is 109 Å². The Morgan fingerprint density at radius 3 is 2.43 bits per heavy atom. The average Bonchev–Trinajstić information content (AvgIpc) is 3.43. The first kappa shape index (κ1) is 30.0. The van der Waals surface area contributed by atoms with Crippen LogP contribution in [0.3, 0.4) is 0 Å². The summed E-state index contributed by atoms with van der Waals surface area (Å²) in [4.78, 5) is 68.1. The van der Waals surface area contributed by atoms with Crippen molar-refractivity contribution in [2.45, 2.75) is 36.6 Å². The summed E-state index contributed by atoms with van der Waals surface area (Å²) < 4.78 is 7.24. The van der Waals surface area contributed by atoms with Crippen LogP contribution >= 0.6 is 39.0 Å². The summed E-state index contributed by atoms with van der Waals surface area (Å²) >= 11 is 5.66. The highest BCUT2D eigenvalue weighted by molar-refractivity contribution is 9.10. The third-order valence-corrected chi connectivity index (χ3v) is 10.6. The third kappa shape index (κ3) is 5.53. The quantitative estimate of drug-likeness (QED) is 0.198. The number of fused-ring (bicyclic) bond motifs is 2. The molecule has 2 aliphatic heterocycles. The number of thiazole rings is 1. The lowest BCUT2D eigenvalue weighted by molar-refractivity contribution is -0.122. The summed E-state index contributed by atoms with van der Waals surface area (Å²) in [6.45, 7) is 3.62. The SMILES string of the molecule is CCOC(=O)c1ccc(N2C(=O)[C@H]3[C@H](c4cccc(Br)c4)c4sc(=O)n(CC(=O)Nc5cccc(C)c5)c4S[C@H]3C2=O)cc1. The van der Waals surface area contributed by atoms with Gasteiger partial charge < -0.3 is 10.1 Å².